The Bertz CT molecular complexity index is 1420. The lowest BCUT2D eigenvalue weighted by Crippen LogP contribution is -2.51. The minimum Gasteiger partial charge on any atom is -0.443 e. The van der Waals surface area contributed by atoms with Crippen molar-refractivity contribution in [2.75, 3.05) is 9.80 Å². The van der Waals surface area contributed by atoms with Crippen LogP contribution in [0.25, 0.3) is 0 Å². The molecule has 8 heteroatoms. The average Bonchev–Trinajstić information content (AvgIpc) is 3.28. The van der Waals surface area contributed by atoms with E-state index in [1.807, 2.05) is 0 Å². The van der Waals surface area contributed by atoms with Crippen LogP contribution in [0.5, 0.6) is 0 Å². The zero-order valence-electron chi connectivity index (χ0n) is 20.6. The molecule has 0 bridgehead atoms. The fourth-order valence-corrected chi connectivity index (χ4v) is 5.25. The number of fused-ring (bicyclic) bond motifs is 1. The highest BCUT2D eigenvalue weighted by atomic mass is 19.1. The van der Waals surface area contributed by atoms with E-state index in [0.717, 1.165) is 21.9 Å². The summed E-state index contributed by atoms with van der Waals surface area (Å²) in [5, 5.41) is 0. The molecule has 2 aliphatic heterocycles. The van der Waals surface area contributed by atoms with Gasteiger partial charge in [-0.25, -0.2) is 14.1 Å². The standard InChI is InChI=1S/C29H25FN2O5/c1-28(2,3)37-27(36)32-23-15-14-19(30)16-21(23)29(26(32)35,18-10-6-4-7-11-18)22-17-24(33)31(25(22)34)20-12-8-5-9-13-20/h4-16,22H,17H2,1-3H3/t22-,29?/m1/s1. The van der Waals surface area contributed by atoms with E-state index in [1.165, 1.54) is 6.07 Å². The predicted octanol–water partition coefficient (Wildman–Crippen LogP) is 4.97. The summed E-state index contributed by atoms with van der Waals surface area (Å²) in [6, 6.07) is 20.5. The molecule has 0 spiro atoms. The molecule has 5 rings (SSSR count). The molecule has 0 saturated carbocycles. The molecule has 2 heterocycles. The Morgan fingerprint density at radius 2 is 1.57 bits per heavy atom. The number of halogens is 1. The third-order valence-corrected chi connectivity index (χ3v) is 6.65. The van der Waals surface area contributed by atoms with Crippen molar-refractivity contribution in [3.63, 3.8) is 0 Å². The summed E-state index contributed by atoms with van der Waals surface area (Å²) < 4.78 is 20.3. The number of ether oxygens (including phenoxy) is 1. The van der Waals surface area contributed by atoms with E-state index in [2.05, 4.69) is 0 Å². The zero-order valence-corrected chi connectivity index (χ0v) is 20.6. The van der Waals surface area contributed by atoms with Gasteiger partial charge in [0.25, 0.3) is 5.91 Å². The van der Waals surface area contributed by atoms with Crippen molar-refractivity contribution in [2.45, 2.75) is 38.2 Å². The normalized spacial score (nSPS) is 21.4. The third-order valence-electron chi connectivity index (χ3n) is 6.65. The monoisotopic (exact) mass is 500 g/mol. The van der Waals surface area contributed by atoms with Gasteiger partial charge in [-0.05, 0) is 56.7 Å². The number of nitrogens with zero attached hydrogens (tertiary/aromatic N) is 2. The smallest absolute Gasteiger partial charge is 0.421 e. The average molecular weight is 501 g/mol. The number of amides is 4. The van der Waals surface area contributed by atoms with E-state index in [1.54, 1.807) is 81.4 Å². The number of hydrogen-bond donors (Lipinski definition) is 0. The van der Waals surface area contributed by atoms with Gasteiger partial charge in [-0.15, -0.1) is 0 Å². The molecular weight excluding hydrogens is 475 g/mol. The minimum atomic E-state index is -1.83. The SMILES string of the molecule is CC(C)(C)OC(=O)N1C(=O)C(c2ccccc2)([C@@H]2CC(=O)N(c3ccccc3)C2=O)c2cc(F)ccc21. The molecule has 3 aromatic carbocycles. The van der Waals surface area contributed by atoms with Crippen LogP contribution >= 0.6 is 0 Å². The number of anilines is 2. The maximum absolute atomic E-state index is 14.7. The summed E-state index contributed by atoms with van der Waals surface area (Å²) in [5.74, 6) is -3.72. The molecule has 0 aromatic heterocycles. The number of carbonyl (C=O) groups excluding carboxylic acids is 4. The number of carbonyl (C=O) groups is 4. The lowest BCUT2D eigenvalue weighted by molar-refractivity contribution is -0.130. The Morgan fingerprint density at radius 3 is 2.19 bits per heavy atom. The molecule has 2 atom stereocenters. The maximum Gasteiger partial charge on any atom is 0.421 e. The number of imide groups is 2. The quantitative estimate of drug-likeness (QED) is 0.474. The molecule has 0 aliphatic carbocycles. The van der Waals surface area contributed by atoms with Crippen molar-refractivity contribution in [1.29, 1.82) is 0 Å². The van der Waals surface area contributed by atoms with Crippen LogP contribution in [0.2, 0.25) is 0 Å². The summed E-state index contributed by atoms with van der Waals surface area (Å²) in [6.45, 7) is 5.00. The summed E-state index contributed by atoms with van der Waals surface area (Å²) >= 11 is 0. The van der Waals surface area contributed by atoms with Crippen molar-refractivity contribution in [1.82, 2.24) is 0 Å². The molecule has 1 fully saturated rings. The number of rotatable bonds is 3. The maximum atomic E-state index is 14.7. The largest absolute Gasteiger partial charge is 0.443 e. The van der Waals surface area contributed by atoms with E-state index in [0.29, 0.717) is 11.3 Å². The Morgan fingerprint density at radius 1 is 0.946 bits per heavy atom. The van der Waals surface area contributed by atoms with Gasteiger partial charge in [0.1, 0.15) is 16.8 Å². The molecule has 0 N–H and O–H groups in total. The van der Waals surface area contributed by atoms with Gasteiger partial charge >= 0.3 is 6.09 Å². The zero-order chi connectivity index (χ0) is 26.5. The van der Waals surface area contributed by atoms with Crippen LogP contribution < -0.4 is 9.80 Å². The van der Waals surface area contributed by atoms with Crippen LogP contribution in [0.15, 0.2) is 78.9 Å². The molecule has 0 radical (unpaired) electrons. The summed E-state index contributed by atoms with van der Waals surface area (Å²) in [7, 11) is 0. The Balaban J connectivity index is 1.75. The van der Waals surface area contributed by atoms with Gasteiger partial charge in [0.05, 0.1) is 17.3 Å². The summed E-state index contributed by atoms with van der Waals surface area (Å²) in [6.07, 6.45) is -1.24. The van der Waals surface area contributed by atoms with Gasteiger partial charge < -0.3 is 4.74 Å². The number of para-hydroxylation sites is 1. The molecule has 7 nitrogen and oxygen atoms in total. The van der Waals surface area contributed by atoms with Crippen molar-refractivity contribution in [3.8, 4) is 0 Å². The van der Waals surface area contributed by atoms with Crippen molar-refractivity contribution >= 4 is 35.2 Å². The van der Waals surface area contributed by atoms with Crippen molar-refractivity contribution < 1.29 is 28.3 Å². The van der Waals surface area contributed by atoms with E-state index in [4.69, 9.17) is 4.74 Å². The predicted molar refractivity (Wildman–Crippen MR) is 134 cm³/mol. The van der Waals surface area contributed by atoms with Crippen LogP contribution in [0.1, 0.15) is 38.3 Å². The van der Waals surface area contributed by atoms with Gasteiger partial charge in [-0.2, -0.15) is 0 Å². The molecule has 37 heavy (non-hydrogen) atoms. The molecule has 188 valence electrons. The fourth-order valence-electron chi connectivity index (χ4n) is 5.25. The van der Waals surface area contributed by atoms with E-state index in [-0.39, 0.29) is 17.7 Å². The highest BCUT2D eigenvalue weighted by Crippen LogP contribution is 2.54. The van der Waals surface area contributed by atoms with Crippen LogP contribution in [-0.4, -0.2) is 29.4 Å². The van der Waals surface area contributed by atoms with Crippen LogP contribution in [0.4, 0.5) is 20.6 Å². The Labute approximate surface area is 213 Å². The van der Waals surface area contributed by atoms with Gasteiger partial charge in [-0.3, -0.25) is 19.3 Å². The molecule has 4 amide bonds. The van der Waals surface area contributed by atoms with Crippen LogP contribution in [0, 0.1) is 11.7 Å². The lowest BCUT2D eigenvalue weighted by Gasteiger charge is -2.33. The van der Waals surface area contributed by atoms with Crippen molar-refractivity contribution in [2.24, 2.45) is 5.92 Å². The first kappa shape index (κ1) is 24.4. The second-order valence-corrected chi connectivity index (χ2v) is 10.1. The first-order valence-corrected chi connectivity index (χ1v) is 11.9. The fraction of sp³-hybridized carbons (Fsp3) is 0.241. The molecule has 3 aromatic rings. The lowest BCUT2D eigenvalue weighted by atomic mass is 9.65. The third kappa shape index (κ3) is 3.80. The number of hydrogen-bond acceptors (Lipinski definition) is 5. The Hall–Kier alpha value is -4.33. The van der Waals surface area contributed by atoms with Gasteiger partial charge in [0.15, 0.2) is 0 Å². The second kappa shape index (κ2) is 8.65. The molecule has 1 saturated heterocycles. The summed E-state index contributed by atoms with van der Waals surface area (Å²) in [5.41, 5.74) is -1.75. The highest BCUT2D eigenvalue weighted by Gasteiger charge is 2.64. The Kier molecular flexibility index (Phi) is 5.70. The van der Waals surface area contributed by atoms with Crippen LogP contribution in [0.3, 0.4) is 0 Å². The first-order valence-electron chi connectivity index (χ1n) is 11.9. The van der Waals surface area contributed by atoms with E-state index in [9.17, 15) is 23.6 Å². The van der Waals surface area contributed by atoms with E-state index < -0.39 is 46.6 Å². The topological polar surface area (TPSA) is 84.0 Å². The van der Waals surface area contributed by atoms with Crippen molar-refractivity contribution in [3.05, 3.63) is 95.8 Å². The number of benzene rings is 3. The molecule has 1 unspecified atom stereocenters. The summed E-state index contributed by atoms with van der Waals surface area (Å²) in [4.78, 5) is 56.8. The highest BCUT2D eigenvalue weighted by molar-refractivity contribution is 6.28. The van der Waals surface area contributed by atoms with Gasteiger partial charge in [0.2, 0.25) is 11.8 Å². The van der Waals surface area contributed by atoms with Crippen LogP contribution in [-0.2, 0) is 24.5 Å². The first-order chi connectivity index (χ1) is 17.6. The van der Waals surface area contributed by atoms with E-state index >= 15 is 0 Å². The van der Waals surface area contributed by atoms with Gasteiger partial charge in [0, 0.05) is 12.0 Å². The molecule has 2 aliphatic rings. The second-order valence-electron chi connectivity index (χ2n) is 10.1. The van der Waals surface area contributed by atoms with Gasteiger partial charge in [-0.1, -0.05) is 48.5 Å². The minimum absolute atomic E-state index is 0.114. The molecular formula is C29H25FN2O5.